The maximum Gasteiger partial charge on any atom is 0.161 e. The van der Waals surface area contributed by atoms with Gasteiger partial charge in [0.15, 0.2) is 11.5 Å². The highest BCUT2D eigenvalue weighted by molar-refractivity contribution is 6.30. The minimum atomic E-state index is 0.770. The predicted octanol–water partition coefficient (Wildman–Crippen LogP) is 4.81. The first-order chi connectivity index (χ1) is 11.7. The fraction of sp³-hybridized carbons (Fsp3) is 0.400. The third-order valence-electron chi connectivity index (χ3n) is 4.15. The summed E-state index contributed by atoms with van der Waals surface area (Å²) in [5.74, 6) is 1.55. The highest BCUT2D eigenvalue weighted by atomic mass is 35.5. The molecule has 24 heavy (non-hydrogen) atoms. The molecule has 0 aromatic heterocycles. The van der Waals surface area contributed by atoms with Gasteiger partial charge < -0.3 is 9.47 Å². The molecule has 2 aromatic carbocycles. The second-order valence-corrected chi connectivity index (χ2v) is 6.22. The van der Waals surface area contributed by atoms with Crippen molar-refractivity contribution in [2.24, 2.45) is 0 Å². The maximum atomic E-state index is 5.93. The van der Waals surface area contributed by atoms with Crippen LogP contribution in [0.5, 0.6) is 11.5 Å². The predicted molar refractivity (Wildman–Crippen MR) is 100 cm³/mol. The van der Waals surface area contributed by atoms with Crippen LogP contribution in [0.3, 0.4) is 0 Å². The lowest BCUT2D eigenvalue weighted by atomic mass is 10.1. The fourth-order valence-electron chi connectivity index (χ4n) is 2.74. The molecule has 0 N–H and O–H groups in total. The SMILES string of the molecule is CCN(CCCc1ccc(Cl)cc1)Cc1ccc(OC)c(OC)c1. The Labute approximate surface area is 150 Å². The van der Waals surface area contributed by atoms with E-state index in [1.54, 1.807) is 14.2 Å². The average molecular weight is 348 g/mol. The molecule has 0 saturated carbocycles. The van der Waals surface area contributed by atoms with Crippen molar-refractivity contribution < 1.29 is 9.47 Å². The fourth-order valence-corrected chi connectivity index (χ4v) is 2.87. The van der Waals surface area contributed by atoms with Gasteiger partial charge in [0, 0.05) is 11.6 Å². The summed E-state index contributed by atoms with van der Waals surface area (Å²) in [7, 11) is 3.33. The van der Waals surface area contributed by atoms with Crippen molar-refractivity contribution >= 4 is 11.6 Å². The zero-order valence-corrected chi connectivity index (χ0v) is 15.5. The molecule has 0 heterocycles. The van der Waals surface area contributed by atoms with Gasteiger partial charge in [0.2, 0.25) is 0 Å². The third kappa shape index (κ3) is 5.43. The zero-order valence-electron chi connectivity index (χ0n) is 14.7. The van der Waals surface area contributed by atoms with Gasteiger partial charge in [-0.2, -0.15) is 0 Å². The molecule has 4 heteroatoms. The first kappa shape index (κ1) is 18.6. The van der Waals surface area contributed by atoms with Crippen LogP contribution < -0.4 is 9.47 Å². The molecular formula is C20H26ClNO2. The zero-order chi connectivity index (χ0) is 17.4. The van der Waals surface area contributed by atoms with Gasteiger partial charge >= 0.3 is 0 Å². The highest BCUT2D eigenvalue weighted by Crippen LogP contribution is 2.28. The van der Waals surface area contributed by atoms with E-state index < -0.39 is 0 Å². The molecule has 3 nitrogen and oxygen atoms in total. The Morgan fingerprint density at radius 3 is 2.21 bits per heavy atom. The van der Waals surface area contributed by atoms with Crippen molar-refractivity contribution in [2.45, 2.75) is 26.3 Å². The molecule has 0 unspecified atom stereocenters. The van der Waals surface area contributed by atoms with Crippen LogP contribution in [0.25, 0.3) is 0 Å². The van der Waals surface area contributed by atoms with E-state index in [1.807, 2.05) is 18.2 Å². The van der Waals surface area contributed by atoms with Crippen LogP contribution in [-0.2, 0) is 13.0 Å². The summed E-state index contributed by atoms with van der Waals surface area (Å²) in [6.45, 7) is 5.20. The van der Waals surface area contributed by atoms with Crippen molar-refractivity contribution in [2.75, 3.05) is 27.3 Å². The van der Waals surface area contributed by atoms with Gasteiger partial charge in [-0.15, -0.1) is 0 Å². The lowest BCUT2D eigenvalue weighted by Gasteiger charge is -2.21. The van der Waals surface area contributed by atoms with Crippen molar-refractivity contribution in [1.29, 1.82) is 0 Å². The molecule has 0 amide bonds. The number of hydrogen-bond acceptors (Lipinski definition) is 3. The number of benzene rings is 2. The Bertz CT molecular complexity index is 628. The van der Waals surface area contributed by atoms with Gasteiger partial charge in [-0.3, -0.25) is 4.90 Å². The Morgan fingerprint density at radius 2 is 1.58 bits per heavy atom. The molecule has 0 spiro atoms. The maximum absolute atomic E-state index is 5.93. The highest BCUT2D eigenvalue weighted by Gasteiger charge is 2.08. The van der Waals surface area contributed by atoms with Crippen LogP contribution in [0, 0.1) is 0 Å². The topological polar surface area (TPSA) is 21.7 Å². The largest absolute Gasteiger partial charge is 0.493 e. The Hall–Kier alpha value is -1.71. The molecule has 0 bridgehead atoms. The van der Waals surface area contributed by atoms with Crippen LogP contribution >= 0.6 is 11.6 Å². The molecular weight excluding hydrogens is 322 g/mol. The van der Waals surface area contributed by atoms with E-state index in [0.717, 1.165) is 49.0 Å². The van der Waals surface area contributed by atoms with Crippen molar-refractivity contribution in [3.05, 3.63) is 58.6 Å². The summed E-state index contributed by atoms with van der Waals surface area (Å²) in [6.07, 6.45) is 2.20. The van der Waals surface area contributed by atoms with Gasteiger partial charge in [-0.1, -0.05) is 36.7 Å². The Morgan fingerprint density at radius 1 is 0.917 bits per heavy atom. The first-order valence-corrected chi connectivity index (χ1v) is 8.71. The van der Waals surface area contributed by atoms with Gasteiger partial charge in [-0.05, 0) is 61.3 Å². The number of methoxy groups -OCH3 is 2. The number of halogens is 1. The van der Waals surface area contributed by atoms with Gasteiger partial charge in [0.05, 0.1) is 14.2 Å². The van der Waals surface area contributed by atoms with Crippen LogP contribution in [0.1, 0.15) is 24.5 Å². The number of hydrogen-bond donors (Lipinski definition) is 0. The second kappa shape index (κ2) is 9.55. The minimum absolute atomic E-state index is 0.770. The quantitative estimate of drug-likeness (QED) is 0.649. The normalized spacial score (nSPS) is 10.9. The standard InChI is InChI=1S/C20H26ClNO2/c1-4-22(13-5-6-16-7-10-18(21)11-8-16)15-17-9-12-19(23-2)20(14-17)24-3/h7-12,14H,4-6,13,15H2,1-3H3. The summed E-state index contributed by atoms with van der Waals surface area (Å²) in [5.41, 5.74) is 2.57. The van der Waals surface area contributed by atoms with Crippen molar-refractivity contribution in [3.63, 3.8) is 0 Å². The van der Waals surface area contributed by atoms with Crippen LogP contribution in [0.4, 0.5) is 0 Å². The van der Waals surface area contributed by atoms with E-state index in [4.69, 9.17) is 21.1 Å². The third-order valence-corrected chi connectivity index (χ3v) is 4.41. The summed E-state index contributed by atoms with van der Waals surface area (Å²) < 4.78 is 10.7. The summed E-state index contributed by atoms with van der Waals surface area (Å²) in [6, 6.07) is 14.2. The number of aryl methyl sites for hydroxylation is 1. The lowest BCUT2D eigenvalue weighted by molar-refractivity contribution is 0.275. The minimum Gasteiger partial charge on any atom is -0.493 e. The van der Waals surface area contributed by atoms with Crippen LogP contribution in [-0.4, -0.2) is 32.2 Å². The van der Waals surface area contributed by atoms with Gasteiger partial charge in [-0.25, -0.2) is 0 Å². The lowest BCUT2D eigenvalue weighted by Crippen LogP contribution is -2.24. The monoisotopic (exact) mass is 347 g/mol. The van der Waals surface area contributed by atoms with E-state index in [0.29, 0.717) is 0 Å². The average Bonchev–Trinajstić information content (AvgIpc) is 2.62. The van der Waals surface area contributed by atoms with E-state index in [2.05, 4.69) is 36.1 Å². The Kier molecular flexibility index (Phi) is 7.41. The summed E-state index contributed by atoms with van der Waals surface area (Å²) >= 11 is 5.93. The van der Waals surface area contributed by atoms with Crippen LogP contribution in [0.2, 0.25) is 5.02 Å². The molecule has 0 fully saturated rings. The molecule has 0 aliphatic heterocycles. The molecule has 130 valence electrons. The molecule has 0 saturated heterocycles. The second-order valence-electron chi connectivity index (χ2n) is 5.79. The summed E-state index contributed by atoms with van der Waals surface area (Å²) in [4.78, 5) is 2.44. The molecule has 0 radical (unpaired) electrons. The van der Waals surface area contributed by atoms with E-state index in [9.17, 15) is 0 Å². The van der Waals surface area contributed by atoms with E-state index >= 15 is 0 Å². The number of rotatable bonds is 9. The van der Waals surface area contributed by atoms with Crippen LogP contribution in [0.15, 0.2) is 42.5 Å². The van der Waals surface area contributed by atoms with E-state index in [1.165, 1.54) is 11.1 Å². The number of ether oxygens (including phenoxy) is 2. The summed E-state index contributed by atoms with van der Waals surface area (Å²) in [5, 5.41) is 0.794. The van der Waals surface area contributed by atoms with Gasteiger partial charge in [0.1, 0.15) is 0 Å². The first-order valence-electron chi connectivity index (χ1n) is 8.34. The van der Waals surface area contributed by atoms with E-state index in [-0.39, 0.29) is 0 Å². The molecule has 0 aliphatic carbocycles. The Balaban J connectivity index is 1.88. The number of nitrogens with zero attached hydrogens (tertiary/aromatic N) is 1. The van der Waals surface area contributed by atoms with Crippen molar-refractivity contribution in [3.8, 4) is 11.5 Å². The molecule has 0 atom stereocenters. The molecule has 0 aliphatic rings. The van der Waals surface area contributed by atoms with Crippen molar-refractivity contribution in [1.82, 2.24) is 4.90 Å². The molecule has 2 rings (SSSR count). The van der Waals surface area contributed by atoms with Gasteiger partial charge in [0.25, 0.3) is 0 Å². The smallest absolute Gasteiger partial charge is 0.161 e. The molecule has 2 aromatic rings.